The molecule has 4 heteroatoms. The number of hydrogen-bond donors (Lipinski definition) is 2. The number of pyridine rings is 1. The van der Waals surface area contributed by atoms with Gasteiger partial charge in [-0.15, -0.1) is 0 Å². The smallest absolute Gasteiger partial charge is 0.214 e. The van der Waals surface area contributed by atoms with Crippen molar-refractivity contribution in [2.75, 3.05) is 25.6 Å². The second kappa shape index (κ2) is 7.90. The minimum Gasteiger partial charge on any atom is -0.481 e. The molecule has 0 bridgehead atoms. The maximum Gasteiger partial charge on any atom is 0.214 e. The molecule has 1 unspecified atom stereocenters. The second-order valence-corrected chi connectivity index (χ2v) is 4.11. The van der Waals surface area contributed by atoms with Crippen LogP contribution in [-0.4, -0.2) is 30.4 Å². The van der Waals surface area contributed by atoms with Crippen molar-refractivity contribution in [1.29, 1.82) is 0 Å². The Hall–Kier alpha value is -1.29. The number of aliphatic hydroxyl groups is 1. The lowest BCUT2D eigenvalue weighted by molar-refractivity contribution is 0.255. The molecule has 0 saturated heterocycles. The van der Waals surface area contributed by atoms with E-state index in [9.17, 15) is 0 Å². The molecule has 0 aliphatic rings. The van der Waals surface area contributed by atoms with Gasteiger partial charge >= 0.3 is 0 Å². The summed E-state index contributed by atoms with van der Waals surface area (Å²) in [6.07, 6.45) is 3.10. The monoisotopic (exact) mass is 238 g/mol. The zero-order valence-corrected chi connectivity index (χ0v) is 10.6. The van der Waals surface area contributed by atoms with Gasteiger partial charge in [0.25, 0.3) is 0 Å². The van der Waals surface area contributed by atoms with Gasteiger partial charge in [0.2, 0.25) is 5.88 Å². The van der Waals surface area contributed by atoms with Crippen LogP contribution in [-0.2, 0) is 0 Å². The SMILES string of the molecule is CCCC(CCO)CNc1cccc(OC)n1. The Bertz CT molecular complexity index is 312. The predicted octanol–water partition coefficient (Wildman–Crippen LogP) is 2.30. The summed E-state index contributed by atoms with van der Waals surface area (Å²) in [5.74, 6) is 1.94. The Labute approximate surface area is 103 Å². The third kappa shape index (κ3) is 5.04. The van der Waals surface area contributed by atoms with E-state index in [1.165, 1.54) is 0 Å². The minimum absolute atomic E-state index is 0.248. The third-order valence-electron chi connectivity index (χ3n) is 2.74. The Balaban J connectivity index is 2.46. The largest absolute Gasteiger partial charge is 0.481 e. The number of methoxy groups -OCH3 is 1. The molecule has 2 N–H and O–H groups in total. The fourth-order valence-corrected chi connectivity index (χ4v) is 1.82. The topological polar surface area (TPSA) is 54.4 Å². The van der Waals surface area contributed by atoms with Gasteiger partial charge in [-0.3, -0.25) is 0 Å². The van der Waals surface area contributed by atoms with Crippen LogP contribution in [0.3, 0.4) is 0 Å². The average Bonchev–Trinajstić information content (AvgIpc) is 2.37. The summed E-state index contributed by atoms with van der Waals surface area (Å²) in [4.78, 5) is 4.29. The molecule has 0 aliphatic heterocycles. The number of rotatable bonds is 8. The molecule has 4 nitrogen and oxygen atoms in total. The molecule has 1 aromatic heterocycles. The zero-order chi connectivity index (χ0) is 12.5. The van der Waals surface area contributed by atoms with Crippen molar-refractivity contribution >= 4 is 5.82 Å². The third-order valence-corrected chi connectivity index (χ3v) is 2.74. The molecule has 96 valence electrons. The van der Waals surface area contributed by atoms with E-state index in [0.717, 1.165) is 31.6 Å². The van der Waals surface area contributed by atoms with Crippen LogP contribution in [0.25, 0.3) is 0 Å². The molecule has 0 radical (unpaired) electrons. The van der Waals surface area contributed by atoms with E-state index in [0.29, 0.717) is 11.8 Å². The number of anilines is 1. The van der Waals surface area contributed by atoms with Gasteiger partial charge in [-0.2, -0.15) is 4.98 Å². The van der Waals surface area contributed by atoms with Crippen LogP contribution < -0.4 is 10.1 Å². The van der Waals surface area contributed by atoms with Crippen molar-refractivity contribution in [3.63, 3.8) is 0 Å². The second-order valence-electron chi connectivity index (χ2n) is 4.11. The number of hydrogen-bond acceptors (Lipinski definition) is 4. The van der Waals surface area contributed by atoms with Gasteiger partial charge in [0.1, 0.15) is 5.82 Å². The maximum atomic E-state index is 8.98. The van der Waals surface area contributed by atoms with Crippen LogP contribution in [0.2, 0.25) is 0 Å². The summed E-state index contributed by atoms with van der Waals surface area (Å²) in [6, 6.07) is 5.65. The molecule has 0 spiro atoms. The summed E-state index contributed by atoms with van der Waals surface area (Å²) < 4.78 is 5.07. The lowest BCUT2D eigenvalue weighted by Gasteiger charge is -2.16. The fraction of sp³-hybridized carbons (Fsp3) is 0.615. The molecule has 0 amide bonds. The van der Waals surface area contributed by atoms with E-state index >= 15 is 0 Å². The van der Waals surface area contributed by atoms with Crippen molar-refractivity contribution < 1.29 is 9.84 Å². The van der Waals surface area contributed by atoms with E-state index in [4.69, 9.17) is 9.84 Å². The van der Waals surface area contributed by atoms with E-state index in [-0.39, 0.29) is 6.61 Å². The fourth-order valence-electron chi connectivity index (χ4n) is 1.82. The summed E-state index contributed by atoms with van der Waals surface area (Å²) >= 11 is 0. The van der Waals surface area contributed by atoms with Crippen LogP contribution in [0.15, 0.2) is 18.2 Å². The number of aromatic nitrogens is 1. The number of nitrogens with zero attached hydrogens (tertiary/aromatic N) is 1. The minimum atomic E-state index is 0.248. The van der Waals surface area contributed by atoms with Gasteiger partial charge in [0.05, 0.1) is 7.11 Å². The first-order valence-electron chi connectivity index (χ1n) is 6.16. The lowest BCUT2D eigenvalue weighted by Crippen LogP contribution is -2.16. The van der Waals surface area contributed by atoms with Crippen molar-refractivity contribution in [1.82, 2.24) is 4.98 Å². The molecule has 1 atom stereocenters. The van der Waals surface area contributed by atoms with Crippen LogP contribution in [0.1, 0.15) is 26.2 Å². The van der Waals surface area contributed by atoms with Crippen LogP contribution in [0.5, 0.6) is 5.88 Å². The Morgan fingerprint density at radius 2 is 2.24 bits per heavy atom. The Morgan fingerprint density at radius 3 is 2.88 bits per heavy atom. The van der Waals surface area contributed by atoms with Gasteiger partial charge in [-0.1, -0.05) is 19.4 Å². The maximum absolute atomic E-state index is 8.98. The van der Waals surface area contributed by atoms with Crippen LogP contribution in [0.4, 0.5) is 5.82 Å². The molecule has 1 heterocycles. The van der Waals surface area contributed by atoms with E-state index < -0.39 is 0 Å². The predicted molar refractivity (Wildman–Crippen MR) is 69.4 cm³/mol. The van der Waals surface area contributed by atoms with Gasteiger partial charge in [0.15, 0.2) is 0 Å². The van der Waals surface area contributed by atoms with Crippen molar-refractivity contribution in [3.05, 3.63) is 18.2 Å². The average molecular weight is 238 g/mol. The van der Waals surface area contributed by atoms with Crippen LogP contribution in [0, 0.1) is 5.92 Å². The first kappa shape index (κ1) is 13.8. The molecule has 0 fully saturated rings. The molecule has 0 aromatic carbocycles. The highest BCUT2D eigenvalue weighted by molar-refractivity contribution is 5.36. The zero-order valence-electron chi connectivity index (χ0n) is 10.6. The van der Waals surface area contributed by atoms with Crippen molar-refractivity contribution in [2.24, 2.45) is 5.92 Å². The quantitative estimate of drug-likeness (QED) is 0.729. The standard InChI is InChI=1S/C13H22N2O2/c1-3-5-11(8-9-16)10-14-12-6-4-7-13(15-12)17-2/h4,6-7,11,16H,3,5,8-10H2,1-2H3,(H,14,15). The van der Waals surface area contributed by atoms with Crippen molar-refractivity contribution in [2.45, 2.75) is 26.2 Å². The summed E-state index contributed by atoms with van der Waals surface area (Å²) in [5.41, 5.74) is 0. The van der Waals surface area contributed by atoms with Gasteiger partial charge in [-0.05, 0) is 24.8 Å². The van der Waals surface area contributed by atoms with E-state index in [1.807, 2.05) is 18.2 Å². The highest BCUT2D eigenvalue weighted by Crippen LogP contribution is 2.14. The van der Waals surface area contributed by atoms with E-state index in [2.05, 4.69) is 17.2 Å². The lowest BCUT2D eigenvalue weighted by atomic mass is 10.0. The molecule has 0 aliphatic carbocycles. The molecule has 1 rings (SSSR count). The Morgan fingerprint density at radius 1 is 1.41 bits per heavy atom. The number of ether oxygens (including phenoxy) is 1. The number of aliphatic hydroxyl groups excluding tert-OH is 1. The summed E-state index contributed by atoms with van der Waals surface area (Å²) in [7, 11) is 1.61. The number of nitrogens with one attached hydrogen (secondary N) is 1. The first-order chi connectivity index (χ1) is 8.30. The first-order valence-corrected chi connectivity index (χ1v) is 6.16. The van der Waals surface area contributed by atoms with Gasteiger partial charge in [-0.25, -0.2) is 0 Å². The molecule has 17 heavy (non-hydrogen) atoms. The van der Waals surface area contributed by atoms with Gasteiger partial charge < -0.3 is 15.2 Å². The molecular formula is C13H22N2O2. The molecular weight excluding hydrogens is 216 g/mol. The summed E-state index contributed by atoms with van der Waals surface area (Å²) in [5, 5.41) is 12.3. The Kier molecular flexibility index (Phi) is 6.40. The highest BCUT2D eigenvalue weighted by Gasteiger charge is 2.07. The molecule has 0 saturated carbocycles. The summed E-state index contributed by atoms with van der Waals surface area (Å²) in [6.45, 7) is 3.25. The normalized spacial score (nSPS) is 12.2. The van der Waals surface area contributed by atoms with Crippen LogP contribution >= 0.6 is 0 Å². The van der Waals surface area contributed by atoms with Crippen molar-refractivity contribution in [3.8, 4) is 5.88 Å². The molecule has 1 aromatic rings. The van der Waals surface area contributed by atoms with E-state index in [1.54, 1.807) is 7.11 Å². The highest BCUT2D eigenvalue weighted by atomic mass is 16.5. The van der Waals surface area contributed by atoms with Gasteiger partial charge in [0, 0.05) is 19.2 Å².